The number of benzene rings is 1. The first-order valence-electron chi connectivity index (χ1n) is 7.61. The van der Waals surface area contributed by atoms with Crippen LogP contribution in [-0.2, 0) is 10.3 Å². The van der Waals surface area contributed by atoms with Crippen molar-refractivity contribution in [2.75, 3.05) is 0 Å². The highest BCUT2D eigenvalue weighted by Gasteiger charge is 2.35. The summed E-state index contributed by atoms with van der Waals surface area (Å²) in [6, 6.07) is 10.2. The van der Waals surface area contributed by atoms with Crippen LogP contribution in [0.3, 0.4) is 0 Å². The van der Waals surface area contributed by atoms with E-state index >= 15 is 0 Å². The monoisotopic (exact) mass is 314 g/mol. The Kier molecular flexibility index (Phi) is 5.65. The molecule has 1 fully saturated rings. The zero-order valence-corrected chi connectivity index (χ0v) is 13.2. The van der Waals surface area contributed by atoms with E-state index < -0.39 is 5.91 Å². The van der Waals surface area contributed by atoms with Crippen molar-refractivity contribution in [2.24, 2.45) is 9.98 Å². The maximum Gasteiger partial charge on any atom is 0.271 e. The molecule has 3 N–H and O–H groups in total. The normalized spacial score (nSPS) is 17.7. The van der Waals surface area contributed by atoms with Gasteiger partial charge in [-0.25, -0.2) is 15.5 Å². The highest BCUT2D eigenvalue weighted by molar-refractivity contribution is 5.93. The number of aliphatic imine (C=N–C) groups is 2. The Morgan fingerprint density at radius 1 is 1.30 bits per heavy atom. The first-order valence-corrected chi connectivity index (χ1v) is 7.61. The summed E-state index contributed by atoms with van der Waals surface area (Å²) in [4.78, 5) is 20.0. The predicted molar refractivity (Wildman–Crippen MR) is 90.4 cm³/mol. The van der Waals surface area contributed by atoms with Crippen molar-refractivity contribution in [3.63, 3.8) is 0 Å². The highest BCUT2D eigenvalue weighted by atomic mass is 16.5. The van der Waals surface area contributed by atoms with Gasteiger partial charge in [0.2, 0.25) is 5.96 Å². The summed E-state index contributed by atoms with van der Waals surface area (Å²) in [6.07, 6.45) is 5.59. The summed E-state index contributed by atoms with van der Waals surface area (Å²) in [5, 5.41) is 11.5. The second kappa shape index (κ2) is 7.69. The van der Waals surface area contributed by atoms with Crippen LogP contribution in [0.2, 0.25) is 0 Å². The van der Waals surface area contributed by atoms with E-state index in [0.29, 0.717) is 11.5 Å². The fourth-order valence-corrected chi connectivity index (χ4v) is 2.82. The molecule has 122 valence electrons. The lowest BCUT2D eigenvalue weighted by Crippen LogP contribution is -2.27. The van der Waals surface area contributed by atoms with Gasteiger partial charge in [0.25, 0.3) is 5.91 Å². The lowest BCUT2D eigenvalue weighted by molar-refractivity contribution is -0.125. The number of carbonyl (C=O) groups excluding carboxylic acids is 1. The molecule has 0 atom stereocenters. The quantitative estimate of drug-likeness (QED) is 0.262. The van der Waals surface area contributed by atoms with Crippen LogP contribution < -0.4 is 10.8 Å². The van der Waals surface area contributed by atoms with E-state index in [1.807, 2.05) is 18.2 Å². The average Bonchev–Trinajstić information content (AvgIpc) is 3.08. The van der Waals surface area contributed by atoms with Crippen LogP contribution in [0.4, 0.5) is 0 Å². The van der Waals surface area contributed by atoms with Crippen molar-refractivity contribution in [3.05, 3.63) is 47.7 Å². The van der Waals surface area contributed by atoms with Gasteiger partial charge in [-0.15, -0.1) is 0 Å². The largest absolute Gasteiger partial charge is 0.331 e. The Balaban J connectivity index is 2.27. The molecule has 0 radical (unpaired) electrons. The van der Waals surface area contributed by atoms with Crippen LogP contribution in [0.5, 0.6) is 0 Å². The van der Waals surface area contributed by atoms with Crippen molar-refractivity contribution in [2.45, 2.75) is 38.1 Å². The Hall–Kier alpha value is -2.47. The van der Waals surface area contributed by atoms with Gasteiger partial charge in [0.15, 0.2) is 0 Å². The van der Waals surface area contributed by atoms with Gasteiger partial charge in [0, 0.05) is 11.8 Å². The number of amides is 1. The molecule has 0 bridgehead atoms. The Bertz CT molecular complexity index is 617. The summed E-state index contributed by atoms with van der Waals surface area (Å²) in [6.45, 7) is 5.12. The first-order chi connectivity index (χ1) is 11.1. The molecule has 0 aromatic heterocycles. The standard InChI is InChI=1S/C17H22N4O2/c1-13(15(22)21-23)12-19-16(18-2)20-17(10-6-7-11-17)14-8-4-3-5-9-14/h3-5,8-9,12,23H,2,6-7,10-11H2,1H3,(H,19,20)(H,21,22)/b13-12+. The van der Waals surface area contributed by atoms with Crippen LogP contribution in [-0.4, -0.2) is 23.8 Å². The lowest BCUT2D eigenvalue weighted by Gasteiger charge is -2.25. The van der Waals surface area contributed by atoms with Gasteiger partial charge < -0.3 is 5.32 Å². The Morgan fingerprint density at radius 2 is 1.96 bits per heavy atom. The minimum absolute atomic E-state index is 0.300. The van der Waals surface area contributed by atoms with Gasteiger partial charge in [0.1, 0.15) is 0 Å². The molecular formula is C17H22N4O2. The number of rotatable bonds is 4. The third kappa shape index (κ3) is 4.04. The second-order valence-corrected chi connectivity index (χ2v) is 5.61. The van der Waals surface area contributed by atoms with E-state index in [-0.39, 0.29) is 5.54 Å². The van der Waals surface area contributed by atoms with E-state index in [9.17, 15) is 4.79 Å². The maximum atomic E-state index is 11.3. The number of carbonyl (C=O) groups is 1. The Morgan fingerprint density at radius 3 is 2.52 bits per heavy atom. The van der Waals surface area contributed by atoms with E-state index in [2.05, 4.69) is 29.2 Å². The van der Waals surface area contributed by atoms with Gasteiger partial charge in [-0.1, -0.05) is 43.2 Å². The molecule has 1 aliphatic carbocycles. The summed E-state index contributed by atoms with van der Waals surface area (Å²) in [5.41, 5.74) is 2.75. The lowest BCUT2D eigenvalue weighted by atomic mass is 9.89. The molecule has 1 aromatic rings. The molecule has 0 spiro atoms. The topological polar surface area (TPSA) is 86.1 Å². The van der Waals surface area contributed by atoms with Gasteiger partial charge >= 0.3 is 0 Å². The molecule has 0 saturated heterocycles. The van der Waals surface area contributed by atoms with Gasteiger partial charge in [-0.05, 0) is 32.0 Å². The third-order valence-corrected chi connectivity index (χ3v) is 4.09. The van der Waals surface area contributed by atoms with Gasteiger partial charge in [-0.2, -0.15) is 0 Å². The molecule has 0 unspecified atom stereocenters. The van der Waals surface area contributed by atoms with E-state index in [1.54, 1.807) is 12.4 Å². The SMILES string of the molecule is C=NC(=NC1(c2ccccc2)CCCC1)N/C=C(\C)C(=O)NO. The van der Waals surface area contributed by atoms with Crippen LogP contribution in [0.1, 0.15) is 38.2 Å². The summed E-state index contributed by atoms with van der Waals surface area (Å²) < 4.78 is 0. The Labute approximate surface area is 136 Å². The molecule has 23 heavy (non-hydrogen) atoms. The number of nitrogens with zero attached hydrogens (tertiary/aromatic N) is 2. The van der Waals surface area contributed by atoms with Crippen molar-refractivity contribution in [3.8, 4) is 0 Å². The molecule has 0 aliphatic heterocycles. The van der Waals surface area contributed by atoms with Crippen LogP contribution in [0.25, 0.3) is 0 Å². The molecule has 6 nitrogen and oxygen atoms in total. The first kappa shape index (κ1) is 16.9. The highest BCUT2D eigenvalue weighted by Crippen LogP contribution is 2.42. The van der Waals surface area contributed by atoms with Crippen LogP contribution >= 0.6 is 0 Å². The zero-order chi connectivity index (χ0) is 16.7. The van der Waals surface area contributed by atoms with Gasteiger partial charge in [0.05, 0.1) is 5.54 Å². The van der Waals surface area contributed by atoms with Crippen LogP contribution in [0.15, 0.2) is 52.1 Å². The molecule has 1 aliphatic rings. The predicted octanol–water partition coefficient (Wildman–Crippen LogP) is 2.51. The van der Waals surface area contributed by atoms with E-state index in [0.717, 1.165) is 31.2 Å². The summed E-state index contributed by atoms with van der Waals surface area (Å²) >= 11 is 0. The molecular weight excluding hydrogens is 292 g/mol. The molecule has 6 heteroatoms. The number of hydrogen-bond acceptors (Lipinski definition) is 3. The van der Waals surface area contributed by atoms with Crippen molar-refractivity contribution < 1.29 is 10.0 Å². The molecule has 1 saturated carbocycles. The minimum Gasteiger partial charge on any atom is -0.331 e. The van der Waals surface area contributed by atoms with Crippen LogP contribution in [0, 0.1) is 0 Å². The molecule has 1 aromatic carbocycles. The number of nitrogens with one attached hydrogen (secondary N) is 2. The molecule has 1 amide bonds. The zero-order valence-electron chi connectivity index (χ0n) is 13.2. The summed E-state index contributed by atoms with van der Waals surface area (Å²) in [7, 11) is 0. The average molecular weight is 314 g/mol. The van der Waals surface area contributed by atoms with Crippen molar-refractivity contribution in [1.29, 1.82) is 0 Å². The van der Waals surface area contributed by atoms with E-state index in [1.165, 1.54) is 6.20 Å². The number of guanidine groups is 1. The number of hydrogen-bond donors (Lipinski definition) is 3. The van der Waals surface area contributed by atoms with Crippen molar-refractivity contribution in [1.82, 2.24) is 10.8 Å². The molecule has 2 rings (SSSR count). The number of hydroxylamine groups is 1. The van der Waals surface area contributed by atoms with Gasteiger partial charge in [-0.3, -0.25) is 10.0 Å². The third-order valence-electron chi connectivity index (χ3n) is 4.09. The fraction of sp³-hybridized carbons (Fsp3) is 0.353. The fourth-order valence-electron chi connectivity index (χ4n) is 2.82. The minimum atomic E-state index is -0.584. The second-order valence-electron chi connectivity index (χ2n) is 5.61. The maximum absolute atomic E-state index is 11.3. The summed E-state index contributed by atoms with van der Waals surface area (Å²) in [5.74, 6) is -0.222. The smallest absolute Gasteiger partial charge is 0.271 e. The van der Waals surface area contributed by atoms with Crippen molar-refractivity contribution >= 4 is 18.6 Å². The molecule has 0 heterocycles. The van der Waals surface area contributed by atoms with E-state index in [4.69, 9.17) is 10.2 Å².